The van der Waals surface area contributed by atoms with Crippen molar-refractivity contribution in [3.8, 4) is 0 Å². The molecule has 2 aliphatic heterocycles. The van der Waals surface area contributed by atoms with Gasteiger partial charge in [0.2, 0.25) is 0 Å². The molecule has 0 aliphatic carbocycles. The van der Waals surface area contributed by atoms with Crippen molar-refractivity contribution in [3.05, 3.63) is 35.4 Å². The third-order valence-electron chi connectivity index (χ3n) is 4.19. The van der Waals surface area contributed by atoms with E-state index in [4.69, 9.17) is 14.3 Å². The standard InChI is InChI=1S/C19H22N2O7/c1-19(2,3)27-18(25)20-13-9-6-10-26-14(13)17(24)28-21-15(22)11-7-4-5-8-12(11)16(21)23/h4-5,7-8,13-14H,6,9-10H2,1-3H3,(H,20,25)/t13-,14+/m0/s1. The molecule has 150 valence electrons. The molecular weight excluding hydrogens is 368 g/mol. The summed E-state index contributed by atoms with van der Waals surface area (Å²) in [5, 5.41) is 3.02. The van der Waals surface area contributed by atoms with Crippen LogP contribution >= 0.6 is 0 Å². The summed E-state index contributed by atoms with van der Waals surface area (Å²) in [5.74, 6) is -2.38. The lowest BCUT2D eigenvalue weighted by Crippen LogP contribution is -2.53. The lowest BCUT2D eigenvalue weighted by molar-refractivity contribution is -0.186. The van der Waals surface area contributed by atoms with Gasteiger partial charge in [-0.2, -0.15) is 0 Å². The summed E-state index contributed by atoms with van der Waals surface area (Å²) < 4.78 is 10.6. The topological polar surface area (TPSA) is 111 Å². The van der Waals surface area contributed by atoms with E-state index in [9.17, 15) is 19.2 Å². The lowest BCUT2D eigenvalue weighted by atomic mass is 10.0. The number of alkyl carbamates (subject to hydrolysis) is 1. The Bertz CT molecular complexity index is 780. The molecule has 9 nitrogen and oxygen atoms in total. The van der Waals surface area contributed by atoms with Crippen LogP contribution in [0.25, 0.3) is 0 Å². The van der Waals surface area contributed by atoms with Crippen LogP contribution < -0.4 is 5.32 Å². The number of nitrogens with one attached hydrogen (secondary N) is 1. The number of imide groups is 1. The molecule has 0 radical (unpaired) electrons. The van der Waals surface area contributed by atoms with Crippen LogP contribution in [0.4, 0.5) is 4.79 Å². The predicted molar refractivity (Wildman–Crippen MR) is 95.2 cm³/mol. The van der Waals surface area contributed by atoms with Crippen LogP contribution in [-0.4, -0.2) is 53.3 Å². The minimum Gasteiger partial charge on any atom is -0.444 e. The zero-order chi connectivity index (χ0) is 20.5. The van der Waals surface area contributed by atoms with E-state index in [1.807, 2.05) is 0 Å². The van der Waals surface area contributed by atoms with Gasteiger partial charge in [0.15, 0.2) is 6.10 Å². The largest absolute Gasteiger partial charge is 0.444 e. The summed E-state index contributed by atoms with van der Waals surface area (Å²) in [4.78, 5) is 54.3. The minimum absolute atomic E-state index is 0.160. The molecule has 1 N–H and O–H groups in total. The molecule has 0 aromatic heterocycles. The minimum atomic E-state index is -1.16. The van der Waals surface area contributed by atoms with Crippen molar-refractivity contribution in [2.24, 2.45) is 0 Å². The van der Waals surface area contributed by atoms with E-state index >= 15 is 0 Å². The summed E-state index contributed by atoms with van der Waals surface area (Å²) in [6.45, 7) is 5.45. The third kappa shape index (κ3) is 4.14. The van der Waals surface area contributed by atoms with Crippen LogP contribution in [0.5, 0.6) is 0 Å². The average molecular weight is 390 g/mol. The van der Waals surface area contributed by atoms with Gasteiger partial charge in [0.1, 0.15) is 5.60 Å². The van der Waals surface area contributed by atoms with Crippen molar-refractivity contribution in [2.75, 3.05) is 6.61 Å². The summed E-state index contributed by atoms with van der Waals surface area (Å²) in [5.41, 5.74) is -0.378. The molecule has 2 atom stereocenters. The number of benzene rings is 1. The maximum absolute atomic E-state index is 12.6. The van der Waals surface area contributed by atoms with Gasteiger partial charge in [0, 0.05) is 6.61 Å². The van der Waals surface area contributed by atoms with Gasteiger partial charge in [-0.05, 0) is 45.7 Å². The Morgan fingerprint density at radius 1 is 1.14 bits per heavy atom. The number of hydrogen-bond acceptors (Lipinski definition) is 7. The zero-order valence-electron chi connectivity index (χ0n) is 15.9. The zero-order valence-corrected chi connectivity index (χ0v) is 15.9. The first-order chi connectivity index (χ1) is 13.2. The number of ether oxygens (including phenoxy) is 2. The van der Waals surface area contributed by atoms with Crippen molar-refractivity contribution in [1.82, 2.24) is 10.4 Å². The van der Waals surface area contributed by atoms with Gasteiger partial charge in [-0.1, -0.05) is 17.2 Å². The van der Waals surface area contributed by atoms with E-state index in [2.05, 4.69) is 5.32 Å². The third-order valence-corrected chi connectivity index (χ3v) is 4.19. The quantitative estimate of drug-likeness (QED) is 0.784. The first kappa shape index (κ1) is 19.8. The first-order valence-electron chi connectivity index (χ1n) is 8.98. The molecule has 3 amide bonds. The fraction of sp³-hybridized carbons (Fsp3) is 0.474. The van der Waals surface area contributed by atoms with Gasteiger partial charge in [0.25, 0.3) is 11.8 Å². The van der Waals surface area contributed by atoms with Crippen LogP contribution in [0.15, 0.2) is 24.3 Å². The molecule has 1 saturated heterocycles. The Kier molecular flexibility index (Phi) is 5.37. The van der Waals surface area contributed by atoms with E-state index in [0.717, 1.165) is 0 Å². The number of fused-ring (bicyclic) bond motifs is 1. The first-order valence-corrected chi connectivity index (χ1v) is 8.98. The van der Waals surface area contributed by atoms with Crippen LogP contribution in [-0.2, 0) is 19.1 Å². The van der Waals surface area contributed by atoms with Gasteiger partial charge in [-0.25, -0.2) is 9.59 Å². The molecule has 1 aromatic rings. The van der Waals surface area contributed by atoms with Crippen molar-refractivity contribution in [1.29, 1.82) is 0 Å². The molecule has 1 fully saturated rings. The fourth-order valence-corrected chi connectivity index (χ4v) is 3.01. The van der Waals surface area contributed by atoms with Gasteiger partial charge >= 0.3 is 12.1 Å². The normalized spacial score (nSPS) is 21.9. The summed E-state index contributed by atoms with van der Waals surface area (Å²) >= 11 is 0. The SMILES string of the molecule is CC(C)(C)OC(=O)N[C@H]1CCCO[C@H]1C(=O)ON1C(=O)c2ccccc2C1=O. The Morgan fingerprint density at radius 2 is 1.75 bits per heavy atom. The Balaban J connectivity index is 1.68. The van der Waals surface area contributed by atoms with Gasteiger partial charge in [0.05, 0.1) is 17.2 Å². The van der Waals surface area contributed by atoms with Crippen LogP contribution in [0.1, 0.15) is 54.3 Å². The molecule has 2 heterocycles. The smallest absolute Gasteiger partial charge is 0.407 e. The van der Waals surface area contributed by atoms with E-state index in [1.54, 1.807) is 32.9 Å². The number of nitrogens with zero attached hydrogens (tertiary/aromatic N) is 1. The molecule has 3 rings (SSSR count). The molecular formula is C19H22N2O7. The maximum Gasteiger partial charge on any atom is 0.407 e. The molecule has 1 aromatic carbocycles. The van der Waals surface area contributed by atoms with E-state index in [0.29, 0.717) is 17.9 Å². The highest BCUT2D eigenvalue weighted by Crippen LogP contribution is 2.24. The van der Waals surface area contributed by atoms with Gasteiger partial charge in [-0.15, -0.1) is 0 Å². The molecule has 28 heavy (non-hydrogen) atoms. The molecule has 0 spiro atoms. The molecule has 0 unspecified atom stereocenters. The Morgan fingerprint density at radius 3 is 2.32 bits per heavy atom. The van der Waals surface area contributed by atoms with Crippen molar-refractivity contribution >= 4 is 23.9 Å². The maximum atomic E-state index is 12.6. The highest BCUT2D eigenvalue weighted by Gasteiger charge is 2.42. The van der Waals surface area contributed by atoms with E-state index in [1.165, 1.54) is 12.1 Å². The number of amides is 3. The lowest BCUT2D eigenvalue weighted by Gasteiger charge is -2.31. The monoisotopic (exact) mass is 390 g/mol. The fourth-order valence-electron chi connectivity index (χ4n) is 3.01. The van der Waals surface area contributed by atoms with E-state index in [-0.39, 0.29) is 17.7 Å². The second-order valence-electron chi connectivity index (χ2n) is 7.55. The molecule has 0 saturated carbocycles. The molecule has 2 aliphatic rings. The summed E-state index contributed by atoms with van der Waals surface area (Å²) in [6.07, 6.45) is -0.773. The summed E-state index contributed by atoms with van der Waals surface area (Å²) in [7, 11) is 0. The van der Waals surface area contributed by atoms with Crippen LogP contribution in [0.2, 0.25) is 0 Å². The van der Waals surface area contributed by atoms with Crippen molar-refractivity contribution < 1.29 is 33.5 Å². The Hall–Kier alpha value is -2.94. The average Bonchev–Trinajstić information content (AvgIpc) is 2.86. The van der Waals surface area contributed by atoms with Gasteiger partial charge in [-0.3, -0.25) is 9.59 Å². The predicted octanol–water partition coefficient (Wildman–Crippen LogP) is 1.81. The second-order valence-corrected chi connectivity index (χ2v) is 7.55. The number of carbonyl (C=O) groups excluding carboxylic acids is 4. The number of rotatable bonds is 3. The number of hydrogen-bond donors (Lipinski definition) is 1. The summed E-state index contributed by atoms with van der Waals surface area (Å²) in [6, 6.07) is 5.48. The highest BCUT2D eigenvalue weighted by molar-refractivity contribution is 6.20. The van der Waals surface area contributed by atoms with Crippen LogP contribution in [0.3, 0.4) is 0 Å². The number of carbonyl (C=O) groups is 4. The van der Waals surface area contributed by atoms with Crippen molar-refractivity contribution in [2.45, 2.75) is 51.4 Å². The van der Waals surface area contributed by atoms with Crippen molar-refractivity contribution in [3.63, 3.8) is 0 Å². The van der Waals surface area contributed by atoms with Crippen LogP contribution in [0, 0.1) is 0 Å². The Labute approximate surface area is 161 Å². The molecule has 9 heteroatoms. The number of hydroxylamine groups is 2. The van der Waals surface area contributed by atoms with Gasteiger partial charge < -0.3 is 19.6 Å². The highest BCUT2D eigenvalue weighted by atomic mass is 16.7. The van der Waals surface area contributed by atoms with E-state index < -0.39 is 41.6 Å². The second kappa shape index (κ2) is 7.59. The molecule has 0 bridgehead atoms.